The molecule has 0 aliphatic rings. The van der Waals surface area contributed by atoms with Crippen LogP contribution >= 0.6 is 0 Å². The van der Waals surface area contributed by atoms with Gasteiger partial charge in [-0.3, -0.25) is 19.2 Å². The molecule has 2 aromatic rings. The van der Waals surface area contributed by atoms with Gasteiger partial charge in [0.2, 0.25) is 0 Å². The quantitative estimate of drug-likeness (QED) is 0.191. The fourth-order valence-corrected chi connectivity index (χ4v) is 2.82. The van der Waals surface area contributed by atoms with Gasteiger partial charge in [0.05, 0.1) is 19.4 Å². The first-order valence-electron chi connectivity index (χ1n) is 11.2. The molecular formula is C27H26O10. The molecule has 10 heteroatoms. The number of rotatable bonds is 11. The van der Waals surface area contributed by atoms with Gasteiger partial charge in [0.25, 0.3) is 0 Å². The number of carbonyl (C=O) groups excluding carboxylic acids is 6. The summed E-state index contributed by atoms with van der Waals surface area (Å²) < 4.78 is 19.2. The normalized spacial score (nSPS) is 10.9. The first-order chi connectivity index (χ1) is 17.6. The molecule has 0 spiro atoms. The zero-order valence-electron chi connectivity index (χ0n) is 20.3. The van der Waals surface area contributed by atoms with Gasteiger partial charge >= 0.3 is 35.8 Å². The lowest BCUT2D eigenvalue weighted by molar-refractivity contribution is -0.181. The predicted molar refractivity (Wildman–Crippen MR) is 127 cm³/mol. The molecule has 0 aliphatic carbocycles. The van der Waals surface area contributed by atoms with Gasteiger partial charge in [0.15, 0.2) is 5.41 Å². The fraction of sp³-hybridized carbons (Fsp3) is 0.259. The second-order valence-corrected chi connectivity index (χ2v) is 7.87. The summed E-state index contributed by atoms with van der Waals surface area (Å²) in [6.45, 7) is 1.73. The first-order valence-corrected chi connectivity index (χ1v) is 11.2. The fourth-order valence-electron chi connectivity index (χ4n) is 2.82. The number of hydrogen-bond acceptors (Lipinski definition) is 10. The summed E-state index contributed by atoms with van der Waals surface area (Å²) >= 11 is 0. The minimum Gasteiger partial charge on any atom is -0.463 e. The van der Waals surface area contributed by atoms with Crippen LogP contribution in [0.2, 0.25) is 0 Å². The Kier molecular flexibility index (Phi) is 10.9. The molecule has 0 aliphatic heterocycles. The molecule has 0 bridgehead atoms. The van der Waals surface area contributed by atoms with Crippen LogP contribution in [0.5, 0.6) is 0 Å². The van der Waals surface area contributed by atoms with Crippen LogP contribution in [0.4, 0.5) is 0 Å². The van der Waals surface area contributed by atoms with Crippen molar-refractivity contribution < 1.29 is 47.7 Å². The molecule has 0 N–H and O–H groups in total. The van der Waals surface area contributed by atoms with Crippen LogP contribution in [0.25, 0.3) is 0 Å². The van der Waals surface area contributed by atoms with E-state index in [4.69, 9.17) is 14.2 Å². The van der Waals surface area contributed by atoms with Gasteiger partial charge in [-0.25, -0.2) is 9.59 Å². The lowest BCUT2D eigenvalue weighted by Gasteiger charge is -2.23. The van der Waals surface area contributed by atoms with Crippen molar-refractivity contribution in [3.05, 3.63) is 83.9 Å². The van der Waals surface area contributed by atoms with E-state index in [0.717, 1.165) is 19.1 Å². The van der Waals surface area contributed by atoms with Crippen molar-refractivity contribution in [1.82, 2.24) is 0 Å². The van der Waals surface area contributed by atoms with E-state index in [1.165, 1.54) is 0 Å². The third-order valence-electron chi connectivity index (χ3n) is 4.84. The lowest BCUT2D eigenvalue weighted by Crippen LogP contribution is -2.45. The molecule has 0 saturated heterocycles. The summed E-state index contributed by atoms with van der Waals surface area (Å²) in [7, 11) is 0. The van der Waals surface area contributed by atoms with Gasteiger partial charge in [0.1, 0.15) is 6.61 Å². The zero-order chi connectivity index (χ0) is 27.3. The Balaban J connectivity index is 2.13. The van der Waals surface area contributed by atoms with Crippen molar-refractivity contribution in [2.75, 3.05) is 13.2 Å². The van der Waals surface area contributed by atoms with E-state index in [0.29, 0.717) is 11.1 Å². The second kappa shape index (κ2) is 14.1. The van der Waals surface area contributed by atoms with Gasteiger partial charge in [0, 0.05) is 12.2 Å². The summed E-state index contributed by atoms with van der Waals surface area (Å²) in [6, 6.07) is 16.8. The highest BCUT2D eigenvalue weighted by molar-refractivity contribution is 6.06. The molecule has 0 fully saturated rings. The lowest BCUT2D eigenvalue weighted by atomic mass is 9.92. The van der Waals surface area contributed by atoms with Gasteiger partial charge in [-0.05, 0) is 25.0 Å². The third kappa shape index (κ3) is 9.52. The Hall–Kier alpha value is -4.60. The number of ether oxygens (including phenoxy) is 4. The van der Waals surface area contributed by atoms with Crippen LogP contribution < -0.4 is 0 Å². The highest BCUT2D eigenvalue weighted by Gasteiger charge is 2.48. The maximum atomic E-state index is 12.9. The van der Waals surface area contributed by atoms with Crippen molar-refractivity contribution in [3.63, 3.8) is 0 Å². The number of hydrogen-bond donors (Lipinski definition) is 0. The third-order valence-corrected chi connectivity index (χ3v) is 4.84. The van der Waals surface area contributed by atoms with E-state index in [2.05, 4.69) is 4.74 Å². The van der Waals surface area contributed by atoms with Gasteiger partial charge in [-0.1, -0.05) is 60.7 Å². The van der Waals surface area contributed by atoms with Gasteiger partial charge in [-0.2, -0.15) is 0 Å². The summed E-state index contributed by atoms with van der Waals surface area (Å²) in [4.78, 5) is 73.7. The topological polar surface area (TPSA) is 139 Å². The molecule has 0 radical (unpaired) electrons. The van der Waals surface area contributed by atoms with Crippen molar-refractivity contribution in [1.29, 1.82) is 0 Å². The Morgan fingerprint density at radius 2 is 1.08 bits per heavy atom. The second-order valence-electron chi connectivity index (χ2n) is 7.87. The van der Waals surface area contributed by atoms with Crippen LogP contribution in [-0.2, 0) is 60.6 Å². The van der Waals surface area contributed by atoms with Crippen molar-refractivity contribution >= 4 is 35.8 Å². The van der Waals surface area contributed by atoms with Crippen LogP contribution in [0, 0.1) is 5.41 Å². The molecule has 0 atom stereocenters. The Bertz CT molecular complexity index is 1080. The molecule has 194 valence electrons. The van der Waals surface area contributed by atoms with E-state index in [1.54, 1.807) is 67.6 Å². The van der Waals surface area contributed by atoms with Crippen LogP contribution in [0.3, 0.4) is 0 Å². The van der Waals surface area contributed by atoms with Gasteiger partial charge < -0.3 is 18.9 Å². The maximum Gasteiger partial charge on any atom is 0.334 e. The van der Waals surface area contributed by atoms with Crippen LogP contribution in [0.15, 0.2) is 72.8 Å². The van der Waals surface area contributed by atoms with E-state index >= 15 is 0 Å². The summed E-state index contributed by atoms with van der Waals surface area (Å²) in [5.74, 6) is -6.61. The highest BCUT2D eigenvalue weighted by atomic mass is 16.6. The van der Waals surface area contributed by atoms with E-state index < -0.39 is 47.8 Å². The summed E-state index contributed by atoms with van der Waals surface area (Å²) in [5, 5.41) is 0. The molecule has 2 rings (SSSR count). The molecule has 10 nitrogen and oxygen atoms in total. The molecule has 0 saturated carbocycles. The Morgan fingerprint density at radius 3 is 1.49 bits per heavy atom. The average molecular weight is 510 g/mol. The highest BCUT2D eigenvalue weighted by Crippen LogP contribution is 2.23. The minimum absolute atomic E-state index is 0.0853. The predicted octanol–water partition coefficient (Wildman–Crippen LogP) is 2.28. The van der Waals surface area contributed by atoms with Crippen molar-refractivity contribution in [2.45, 2.75) is 26.7 Å². The number of esters is 6. The Labute approximate surface area is 213 Å². The summed E-state index contributed by atoms with van der Waals surface area (Å²) in [5.41, 5.74) is -1.26. The summed E-state index contributed by atoms with van der Waals surface area (Å²) in [6.07, 6.45) is 0.988. The van der Waals surface area contributed by atoms with Crippen molar-refractivity contribution in [3.8, 4) is 0 Å². The smallest absolute Gasteiger partial charge is 0.334 e. The zero-order valence-corrected chi connectivity index (χ0v) is 20.3. The molecule has 37 heavy (non-hydrogen) atoms. The van der Waals surface area contributed by atoms with E-state index in [1.807, 2.05) is 0 Å². The van der Waals surface area contributed by atoms with E-state index in [-0.39, 0.29) is 19.4 Å². The van der Waals surface area contributed by atoms with Crippen molar-refractivity contribution in [2.24, 2.45) is 5.41 Å². The number of benzene rings is 2. The minimum atomic E-state index is -2.37. The van der Waals surface area contributed by atoms with Crippen LogP contribution in [0.1, 0.15) is 25.0 Å². The SMILES string of the molecule is CCOC(=O)/C=C\C(=O)OCC(C)(C(=O)OC(=O)Cc1ccccc1)C(=O)OC(=O)Cc1ccccc1. The number of carbonyl (C=O) groups is 6. The largest absolute Gasteiger partial charge is 0.463 e. The molecule has 0 amide bonds. The molecule has 0 unspecified atom stereocenters. The molecule has 0 heterocycles. The first kappa shape index (κ1) is 28.6. The van der Waals surface area contributed by atoms with Crippen LogP contribution in [-0.4, -0.2) is 49.0 Å². The van der Waals surface area contributed by atoms with E-state index in [9.17, 15) is 28.8 Å². The maximum absolute atomic E-state index is 12.9. The standard InChI is InChI=1S/C27H26O10/c1-3-34-21(28)14-15-22(29)35-18-27(2,25(32)36-23(30)16-19-10-6-4-7-11-19)26(33)37-24(31)17-20-12-8-5-9-13-20/h4-15H,3,16-18H2,1-2H3/b15-14-. The monoisotopic (exact) mass is 510 g/mol. The molecular weight excluding hydrogens is 484 g/mol. The average Bonchev–Trinajstić information content (AvgIpc) is 2.87. The molecule has 0 aromatic heterocycles. The Morgan fingerprint density at radius 1 is 0.676 bits per heavy atom. The van der Waals surface area contributed by atoms with Gasteiger partial charge in [-0.15, -0.1) is 0 Å². The molecule has 2 aromatic carbocycles.